The highest BCUT2D eigenvalue weighted by molar-refractivity contribution is 6.19. The van der Waals surface area contributed by atoms with E-state index >= 15 is 0 Å². The number of imide groups is 1. The molecule has 5 nitrogen and oxygen atoms in total. The van der Waals surface area contributed by atoms with E-state index in [2.05, 4.69) is 6.07 Å². The van der Waals surface area contributed by atoms with Crippen LogP contribution in [-0.2, 0) is 4.79 Å². The van der Waals surface area contributed by atoms with Crippen LogP contribution in [-0.4, -0.2) is 16.9 Å². The average molecular weight is 472 g/mol. The lowest BCUT2D eigenvalue weighted by Gasteiger charge is -2.23. The number of aryl methyl sites for hydroxylation is 4. The van der Waals surface area contributed by atoms with Gasteiger partial charge in [-0.25, -0.2) is 4.90 Å². The minimum absolute atomic E-state index is 0.393. The van der Waals surface area contributed by atoms with E-state index in [-0.39, 0.29) is 0 Å². The zero-order chi connectivity index (χ0) is 25.6. The van der Waals surface area contributed by atoms with E-state index in [0.717, 1.165) is 44.1 Å². The van der Waals surface area contributed by atoms with Gasteiger partial charge in [-0.15, -0.1) is 0 Å². The lowest BCUT2D eigenvalue weighted by atomic mass is 10.0. The first-order chi connectivity index (χ1) is 17.3. The first-order valence-corrected chi connectivity index (χ1v) is 11.8. The summed E-state index contributed by atoms with van der Waals surface area (Å²) in [5.74, 6) is -0.393. The van der Waals surface area contributed by atoms with Crippen molar-refractivity contribution >= 4 is 39.8 Å². The maximum absolute atomic E-state index is 14.1. The Morgan fingerprint density at radius 1 is 0.833 bits per heavy atom. The SMILES string of the molecule is Cc1cc(C)c(N(C=O)C(=O)c2c(C)cccc2-n2c3ccccc3c3ccc(C#N)cc32)c(C)c1. The largest absolute Gasteiger partial charge is 0.308 e. The lowest BCUT2D eigenvalue weighted by Crippen LogP contribution is -2.32. The monoisotopic (exact) mass is 471 g/mol. The molecule has 4 aromatic carbocycles. The predicted molar refractivity (Wildman–Crippen MR) is 144 cm³/mol. The van der Waals surface area contributed by atoms with E-state index in [4.69, 9.17) is 0 Å². The van der Waals surface area contributed by atoms with Gasteiger partial charge < -0.3 is 4.57 Å². The van der Waals surface area contributed by atoms with Crippen LogP contribution in [0.15, 0.2) is 72.8 Å². The van der Waals surface area contributed by atoms with E-state index in [0.29, 0.717) is 28.9 Å². The van der Waals surface area contributed by atoms with Crippen LogP contribution in [0.5, 0.6) is 0 Å². The zero-order valence-corrected chi connectivity index (χ0v) is 20.7. The molecule has 0 saturated carbocycles. The third-order valence-corrected chi connectivity index (χ3v) is 6.71. The molecule has 0 saturated heterocycles. The summed E-state index contributed by atoms with van der Waals surface area (Å²) in [7, 11) is 0. The van der Waals surface area contributed by atoms with Gasteiger partial charge in [0.05, 0.1) is 39.6 Å². The molecule has 1 aromatic heterocycles. The van der Waals surface area contributed by atoms with Crippen LogP contribution in [0.25, 0.3) is 27.5 Å². The van der Waals surface area contributed by atoms with Crippen molar-refractivity contribution in [2.75, 3.05) is 4.90 Å². The smallest absolute Gasteiger partial charge is 0.267 e. The first-order valence-electron chi connectivity index (χ1n) is 11.8. The van der Waals surface area contributed by atoms with Crippen LogP contribution in [0.3, 0.4) is 0 Å². The highest BCUT2D eigenvalue weighted by Crippen LogP contribution is 2.35. The number of aromatic nitrogens is 1. The third-order valence-electron chi connectivity index (χ3n) is 6.71. The van der Waals surface area contributed by atoms with Gasteiger partial charge in [-0.2, -0.15) is 5.26 Å². The molecule has 1 heterocycles. The van der Waals surface area contributed by atoms with Crippen LogP contribution >= 0.6 is 0 Å². The molecule has 5 aromatic rings. The van der Waals surface area contributed by atoms with Crippen LogP contribution in [0.1, 0.15) is 38.2 Å². The Labute approximate surface area is 209 Å². The second-order valence-electron chi connectivity index (χ2n) is 9.19. The molecule has 0 atom stereocenters. The number of hydrogen-bond acceptors (Lipinski definition) is 3. The van der Waals surface area contributed by atoms with Crippen LogP contribution in [0.4, 0.5) is 5.69 Å². The Morgan fingerprint density at radius 2 is 1.53 bits per heavy atom. The van der Waals surface area contributed by atoms with Crippen LogP contribution < -0.4 is 4.90 Å². The predicted octanol–water partition coefficient (Wildman–Crippen LogP) is 6.69. The molecule has 0 fully saturated rings. The van der Waals surface area contributed by atoms with E-state index in [1.54, 1.807) is 6.07 Å². The molecule has 0 unspecified atom stereocenters. The summed E-state index contributed by atoms with van der Waals surface area (Å²) >= 11 is 0. The number of hydrogen-bond donors (Lipinski definition) is 0. The molecule has 36 heavy (non-hydrogen) atoms. The van der Waals surface area contributed by atoms with E-state index in [9.17, 15) is 14.9 Å². The Kier molecular flexibility index (Phi) is 5.66. The number of carbonyl (C=O) groups is 2. The van der Waals surface area contributed by atoms with Gasteiger partial charge in [0.1, 0.15) is 0 Å². The standard InChI is InChI=1S/C31H25N3O2/c1-19-14-21(3)30(22(4)15-19)33(18-35)31(36)29-20(2)8-7-11-27(29)34-26-10-6-5-9-24(26)25-13-12-23(17-32)16-28(25)34/h5-16,18H,1-4H3. The van der Waals surface area contributed by atoms with Gasteiger partial charge in [0.15, 0.2) is 0 Å². The number of amides is 2. The summed E-state index contributed by atoms with van der Waals surface area (Å²) in [5.41, 5.74) is 7.53. The molecule has 0 aliphatic rings. The van der Waals surface area contributed by atoms with Crippen molar-refractivity contribution in [3.63, 3.8) is 0 Å². The fourth-order valence-corrected chi connectivity index (χ4v) is 5.29. The molecular weight excluding hydrogens is 446 g/mol. The van der Waals surface area contributed by atoms with E-state index in [1.165, 1.54) is 4.90 Å². The number of fused-ring (bicyclic) bond motifs is 3. The summed E-state index contributed by atoms with van der Waals surface area (Å²) in [4.78, 5) is 27.7. The molecule has 0 radical (unpaired) electrons. The quantitative estimate of drug-likeness (QED) is 0.274. The molecule has 0 bridgehead atoms. The Morgan fingerprint density at radius 3 is 2.22 bits per heavy atom. The Hall–Kier alpha value is -4.69. The molecule has 2 amide bonds. The third kappa shape index (κ3) is 3.55. The highest BCUT2D eigenvalue weighted by Gasteiger charge is 2.26. The number of anilines is 1. The Balaban J connectivity index is 1.81. The second-order valence-corrected chi connectivity index (χ2v) is 9.19. The van der Waals surface area contributed by atoms with E-state index < -0.39 is 5.91 Å². The van der Waals surface area contributed by atoms with Crippen molar-refractivity contribution in [3.05, 3.63) is 106 Å². The normalized spacial score (nSPS) is 11.0. The molecule has 0 aliphatic heterocycles. The molecule has 5 heteroatoms. The number of nitriles is 1. The first kappa shape index (κ1) is 23.1. The number of para-hydroxylation sites is 1. The van der Waals surface area contributed by atoms with Crippen molar-refractivity contribution in [1.29, 1.82) is 5.26 Å². The highest BCUT2D eigenvalue weighted by atomic mass is 16.2. The van der Waals surface area contributed by atoms with Gasteiger partial charge in [0.25, 0.3) is 5.91 Å². The number of rotatable bonds is 4. The van der Waals surface area contributed by atoms with E-state index in [1.807, 2.05) is 99.0 Å². The molecular formula is C31H25N3O2. The zero-order valence-electron chi connectivity index (χ0n) is 20.7. The summed E-state index contributed by atoms with van der Waals surface area (Å²) < 4.78 is 2.02. The maximum atomic E-state index is 14.1. The van der Waals surface area contributed by atoms with Gasteiger partial charge in [0.2, 0.25) is 6.41 Å². The number of benzene rings is 4. The topological polar surface area (TPSA) is 66.1 Å². The van der Waals surface area contributed by atoms with Gasteiger partial charge in [0, 0.05) is 10.8 Å². The minimum atomic E-state index is -0.393. The molecule has 176 valence electrons. The van der Waals surface area contributed by atoms with Gasteiger partial charge in [-0.3, -0.25) is 9.59 Å². The lowest BCUT2D eigenvalue weighted by molar-refractivity contribution is -0.106. The number of carbonyl (C=O) groups excluding carboxylic acids is 2. The fraction of sp³-hybridized carbons (Fsp3) is 0.129. The average Bonchev–Trinajstić information content (AvgIpc) is 3.19. The minimum Gasteiger partial charge on any atom is -0.308 e. The van der Waals surface area contributed by atoms with Crippen molar-refractivity contribution in [2.24, 2.45) is 0 Å². The maximum Gasteiger partial charge on any atom is 0.267 e. The second kappa shape index (κ2) is 8.83. The van der Waals surface area contributed by atoms with Crippen LogP contribution in [0, 0.1) is 39.0 Å². The van der Waals surface area contributed by atoms with Crippen molar-refractivity contribution in [1.82, 2.24) is 4.57 Å². The van der Waals surface area contributed by atoms with Crippen molar-refractivity contribution < 1.29 is 9.59 Å². The van der Waals surface area contributed by atoms with Crippen LogP contribution in [0.2, 0.25) is 0 Å². The molecule has 5 rings (SSSR count). The summed E-state index contributed by atoms with van der Waals surface area (Å²) in [5, 5.41) is 11.6. The van der Waals surface area contributed by atoms with Crippen molar-refractivity contribution in [3.8, 4) is 11.8 Å². The molecule has 0 aliphatic carbocycles. The molecule has 0 N–H and O–H groups in total. The number of nitrogens with zero attached hydrogens (tertiary/aromatic N) is 3. The summed E-state index contributed by atoms with van der Waals surface area (Å²) in [6, 6.07) is 25.4. The van der Waals surface area contributed by atoms with Crippen molar-refractivity contribution in [2.45, 2.75) is 27.7 Å². The van der Waals surface area contributed by atoms with Gasteiger partial charge >= 0.3 is 0 Å². The summed E-state index contributed by atoms with van der Waals surface area (Å²) in [6.07, 6.45) is 0.600. The fourth-order valence-electron chi connectivity index (χ4n) is 5.29. The Bertz CT molecular complexity index is 1710. The van der Waals surface area contributed by atoms with Gasteiger partial charge in [-0.1, -0.05) is 54.1 Å². The molecule has 0 spiro atoms. The summed E-state index contributed by atoms with van der Waals surface area (Å²) in [6.45, 7) is 7.69. The van der Waals surface area contributed by atoms with Gasteiger partial charge in [-0.05, 0) is 68.7 Å².